The number of nitrogens with two attached hydrogens (primary N) is 1. The van der Waals surface area contributed by atoms with Crippen LogP contribution in [0.1, 0.15) is 26.3 Å². The van der Waals surface area contributed by atoms with Crippen molar-refractivity contribution in [2.24, 2.45) is 11.7 Å². The van der Waals surface area contributed by atoms with E-state index in [0.29, 0.717) is 0 Å². The molecule has 0 heterocycles. The van der Waals surface area contributed by atoms with Crippen molar-refractivity contribution >= 4 is 17.8 Å². The fourth-order valence-electron chi connectivity index (χ4n) is 2.16. The highest BCUT2D eigenvalue weighted by Crippen LogP contribution is 2.11. The number of hydrogen-bond donors (Lipinski definition) is 5. The molecule has 6 N–H and O–H groups in total. The van der Waals surface area contributed by atoms with Gasteiger partial charge in [-0.3, -0.25) is 9.59 Å². The molecule has 0 aliphatic rings. The van der Waals surface area contributed by atoms with Crippen molar-refractivity contribution in [2.75, 3.05) is 0 Å². The topological polar surface area (TPSA) is 142 Å². The number of carbonyl (C=O) groups is 3. The summed E-state index contributed by atoms with van der Waals surface area (Å²) in [6.45, 7) is 4.81. The second-order valence-corrected chi connectivity index (χ2v) is 6.28. The van der Waals surface area contributed by atoms with Crippen molar-refractivity contribution in [1.82, 2.24) is 10.6 Å². The van der Waals surface area contributed by atoms with Crippen LogP contribution >= 0.6 is 0 Å². The van der Waals surface area contributed by atoms with E-state index in [-0.39, 0.29) is 18.1 Å². The van der Waals surface area contributed by atoms with Gasteiger partial charge in [0.05, 0.1) is 6.04 Å². The van der Waals surface area contributed by atoms with Crippen LogP contribution in [-0.2, 0) is 20.8 Å². The number of rotatable bonds is 8. The van der Waals surface area contributed by atoms with Crippen molar-refractivity contribution in [2.45, 2.75) is 45.3 Å². The molecule has 0 saturated heterocycles. The normalized spacial score (nSPS) is 14.4. The van der Waals surface area contributed by atoms with E-state index in [2.05, 4.69) is 10.6 Å². The molecule has 8 nitrogen and oxygen atoms in total. The smallest absolute Gasteiger partial charge is 0.326 e. The standard InChI is InChI=1S/C17H25N3O5/c1-9(2)14(17(24)25)20-15(22)10(3)19-16(23)13(18)8-11-4-6-12(21)7-5-11/h4-7,9-10,13-14,21H,8,18H2,1-3H3,(H,19,23)(H,20,22)(H,24,25)/t10-,13-,14-/m0/s1. The maximum Gasteiger partial charge on any atom is 0.326 e. The minimum absolute atomic E-state index is 0.116. The summed E-state index contributed by atoms with van der Waals surface area (Å²) in [7, 11) is 0. The molecule has 1 aromatic carbocycles. The summed E-state index contributed by atoms with van der Waals surface area (Å²) in [5, 5.41) is 23.2. The fourth-order valence-corrected chi connectivity index (χ4v) is 2.16. The molecular formula is C17H25N3O5. The predicted octanol–water partition coefficient (Wildman–Crippen LogP) is -0.00790. The Morgan fingerprint density at radius 2 is 1.60 bits per heavy atom. The zero-order chi connectivity index (χ0) is 19.1. The van der Waals surface area contributed by atoms with Crippen molar-refractivity contribution in [3.63, 3.8) is 0 Å². The van der Waals surface area contributed by atoms with Gasteiger partial charge in [0.25, 0.3) is 0 Å². The number of phenolic OH excluding ortho intramolecular Hbond substituents is 1. The number of nitrogens with one attached hydrogen (secondary N) is 2. The van der Waals surface area contributed by atoms with E-state index < -0.39 is 35.9 Å². The zero-order valence-electron chi connectivity index (χ0n) is 14.5. The molecule has 0 saturated carbocycles. The third kappa shape index (κ3) is 6.42. The largest absolute Gasteiger partial charge is 0.508 e. The first-order valence-corrected chi connectivity index (χ1v) is 7.98. The highest BCUT2D eigenvalue weighted by atomic mass is 16.4. The van der Waals surface area contributed by atoms with Crippen molar-refractivity contribution in [3.8, 4) is 5.75 Å². The van der Waals surface area contributed by atoms with Crippen LogP contribution in [0.25, 0.3) is 0 Å². The Bertz CT molecular complexity index is 615. The summed E-state index contributed by atoms with van der Waals surface area (Å²) in [5.74, 6) is -2.42. The maximum absolute atomic E-state index is 12.1. The van der Waals surface area contributed by atoms with E-state index in [1.807, 2.05) is 0 Å². The molecule has 3 atom stereocenters. The number of carboxylic acid groups (broad SMARTS) is 1. The molecule has 0 unspecified atom stereocenters. The van der Waals surface area contributed by atoms with E-state index >= 15 is 0 Å². The third-order valence-corrected chi connectivity index (χ3v) is 3.71. The molecule has 1 aromatic rings. The van der Waals surface area contributed by atoms with Gasteiger partial charge in [-0.25, -0.2) is 4.79 Å². The van der Waals surface area contributed by atoms with Gasteiger partial charge in [0.15, 0.2) is 0 Å². The summed E-state index contributed by atoms with van der Waals surface area (Å²) in [6.07, 6.45) is 0.240. The second-order valence-electron chi connectivity index (χ2n) is 6.28. The Morgan fingerprint density at radius 3 is 2.08 bits per heavy atom. The summed E-state index contributed by atoms with van der Waals surface area (Å²) in [5.41, 5.74) is 6.60. The lowest BCUT2D eigenvalue weighted by atomic mass is 10.0. The van der Waals surface area contributed by atoms with E-state index in [4.69, 9.17) is 10.8 Å². The van der Waals surface area contributed by atoms with Crippen LogP contribution in [0.3, 0.4) is 0 Å². The van der Waals surface area contributed by atoms with Crippen molar-refractivity contribution in [3.05, 3.63) is 29.8 Å². The van der Waals surface area contributed by atoms with E-state index in [9.17, 15) is 19.5 Å². The molecule has 0 radical (unpaired) electrons. The lowest BCUT2D eigenvalue weighted by Gasteiger charge is -2.22. The second kappa shape index (κ2) is 9.03. The van der Waals surface area contributed by atoms with E-state index in [1.165, 1.54) is 19.1 Å². The van der Waals surface area contributed by atoms with E-state index in [1.54, 1.807) is 26.0 Å². The average Bonchev–Trinajstić information content (AvgIpc) is 2.53. The molecule has 138 valence electrons. The van der Waals surface area contributed by atoms with Gasteiger partial charge in [0.2, 0.25) is 11.8 Å². The molecular weight excluding hydrogens is 326 g/mol. The highest BCUT2D eigenvalue weighted by Gasteiger charge is 2.27. The van der Waals surface area contributed by atoms with Crippen LogP contribution in [-0.4, -0.2) is 46.1 Å². The number of amides is 2. The van der Waals surface area contributed by atoms with Gasteiger partial charge < -0.3 is 26.6 Å². The lowest BCUT2D eigenvalue weighted by Crippen LogP contribution is -2.54. The molecule has 0 spiro atoms. The molecule has 0 aliphatic carbocycles. The minimum atomic E-state index is -1.13. The quantitative estimate of drug-likeness (QED) is 0.446. The van der Waals surface area contributed by atoms with Gasteiger partial charge in [0, 0.05) is 0 Å². The molecule has 0 aliphatic heterocycles. The zero-order valence-corrected chi connectivity index (χ0v) is 14.5. The van der Waals surface area contributed by atoms with Crippen molar-refractivity contribution in [1.29, 1.82) is 0 Å². The van der Waals surface area contributed by atoms with Gasteiger partial charge >= 0.3 is 5.97 Å². The number of hydrogen-bond acceptors (Lipinski definition) is 5. The molecule has 0 fully saturated rings. The average molecular weight is 351 g/mol. The third-order valence-electron chi connectivity index (χ3n) is 3.71. The number of aliphatic carboxylic acids is 1. The summed E-state index contributed by atoms with van der Waals surface area (Å²) in [4.78, 5) is 35.3. The van der Waals surface area contributed by atoms with Crippen LogP contribution < -0.4 is 16.4 Å². The predicted molar refractivity (Wildman–Crippen MR) is 91.8 cm³/mol. The minimum Gasteiger partial charge on any atom is -0.508 e. The Hall–Kier alpha value is -2.61. The van der Waals surface area contributed by atoms with Crippen LogP contribution in [0.5, 0.6) is 5.75 Å². The molecule has 2 amide bonds. The summed E-state index contributed by atoms with van der Waals surface area (Å²) >= 11 is 0. The van der Waals surface area contributed by atoms with Gasteiger partial charge in [-0.15, -0.1) is 0 Å². The van der Waals surface area contributed by atoms with Gasteiger partial charge in [-0.2, -0.15) is 0 Å². The molecule has 0 aromatic heterocycles. The Balaban J connectivity index is 2.58. The van der Waals surface area contributed by atoms with Crippen LogP contribution in [0, 0.1) is 5.92 Å². The highest BCUT2D eigenvalue weighted by molar-refractivity contribution is 5.91. The summed E-state index contributed by atoms with van der Waals surface area (Å²) in [6, 6.07) is 3.47. The first kappa shape index (κ1) is 20.4. The number of carboxylic acids is 1. The van der Waals surface area contributed by atoms with Crippen LogP contribution in [0.15, 0.2) is 24.3 Å². The van der Waals surface area contributed by atoms with Crippen molar-refractivity contribution < 1.29 is 24.6 Å². The molecule has 25 heavy (non-hydrogen) atoms. The number of aromatic hydroxyl groups is 1. The maximum atomic E-state index is 12.1. The Morgan fingerprint density at radius 1 is 1.04 bits per heavy atom. The number of benzene rings is 1. The Labute approximate surface area is 146 Å². The SMILES string of the molecule is CC(C)[C@H](NC(=O)[C@H](C)NC(=O)[C@@H](N)Cc1ccc(O)cc1)C(=O)O. The van der Waals surface area contributed by atoms with Gasteiger partial charge in [-0.1, -0.05) is 26.0 Å². The van der Waals surface area contributed by atoms with Gasteiger partial charge in [-0.05, 0) is 37.0 Å². The van der Waals surface area contributed by atoms with Crippen LogP contribution in [0.2, 0.25) is 0 Å². The van der Waals surface area contributed by atoms with Crippen LogP contribution in [0.4, 0.5) is 0 Å². The monoisotopic (exact) mass is 351 g/mol. The Kier molecular flexibility index (Phi) is 7.38. The van der Waals surface area contributed by atoms with E-state index in [0.717, 1.165) is 5.56 Å². The fraction of sp³-hybridized carbons (Fsp3) is 0.471. The molecule has 8 heteroatoms. The first-order chi connectivity index (χ1) is 11.6. The lowest BCUT2D eigenvalue weighted by molar-refractivity contribution is -0.143. The number of phenols is 1. The summed E-state index contributed by atoms with van der Waals surface area (Å²) < 4.78 is 0. The molecule has 1 rings (SSSR count). The molecule has 0 bridgehead atoms. The number of carbonyl (C=O) groups excluding carboxylic acids is 2. The first-order valence-electron chi connectivity index (χ1n) is 7.98. The van der Waals surface area contributed by atoms with Gasteiger partial charge in [0.1, 0.15) is 17.8 Å².